The zero-order valence-electron chi connectivity index (χ0n) is 19.0. The number of aromatic amines is 1. The van der Waals surface area contributed by atoms with Gasteiger partial charge in [-0.3, -0.25) is 0 Å². The summed E-state index contributed by atoms with van der Waals surface area (Å²) in [6.45, 7) is 8.07. The fourth-order valence-electron chi connectivity index (χ4n) is 3.75. The molecular formula is C27H27N4O2+. The van der Waals surface area contributed by atoms with Gasteiger partial charge < -0.3 is 9.94 Å². The Balaban J connectivity index is 1.54. The van der Waals surface area contributed by atoms with Crippen molar-refractivity contribution in [3.05, 3.63) is 96.2 Å². The first kappa shape index (κ1) is 22.0. The minimum Gasteiger partial charge on any atom is -0.470 e. The molecule has 33 heavy (non-hydrogen) atoms. The third-order valence-electron chi connectivity index (χ3n) is 5.42. The van der Waals surface area contributed by atoms with Crippen molar-refractivity contribution in [1.29, 1.82) is 0 Å². The molecule has 2 aromatic carbocycles. The Morgan fingerprint density at radius 2 is 1.97 bits per heavy atom. The van der Waals surface area contributed by atoms with Crippen LogP contribution in [0.2, 0.25) is 0 Å². The number of allylic oxidation sites excluding steroid dienone is 3. The van der Waals surface area contributed by atoms with E-state index in [1.807, 2.05) is 36.1 Å². The summed E-state index contributed by atoms with van der Waals surface area (Å²) in [5.41, 5.74) is 7.35. The smallest absolute Gasteiger partial charge is 0.257 e. The summed E-state index contributed by atoms with van der Waals surface area (Å²) in [6.07, 6.45) is 5.36. The van der Waals surface area contributed by atoms with E-state index in [2.05, 4.69) is 60.2 Å². The number of para-hydroxylation sites is 1. The Hall–Kier alpha value is -4.19. The molecule has 0 spiro atoms. The molecule has 0 radical (unpaired) electrons. The number of ether oxygens (including phenoxy) is 1. The minimum atomic E-state index is 0.398. The van der Waals surface area contributed by atoms with Crippen LogP contribution in [0.1, 0.15) is 23.6 Å². The van der Waals surface area contributed by atoms with Crippen LogP contribution < -0.4 is 9.42 Å². The van der Waals surface area contributed by atoms with Gasteiger partial charge in [0.05, 0.1) is 16.9 Å². The van der Waals surface area contributed by atoms with Gasteiger partial charge in [0, 0.05) is 10.9 Å². The van der Waals surface area contributed by atoms with Crippen molar-refractivity contribution in [1.82, 2.24) is 10.1 Å². The molecule has 166 valence electrons. The lowest BCUT2D eigenvalue weighted by Gasteiger charge is -2.09. The van der Waals surface area contributed by atoms with Crippen molar-refractivity contribution in [2.24, 2.45) is 12.2 Å². The fourth-order valence-corrected chi connectivity index (χ4v) is 3.75. The monoisotopic (exact) mass is 439 g/mol. The average Bonchev–Trinajstić information content (AvgIpc) is 3.21. The molecular weight excluding hydrogens is 412 g/mol. The molecule has 2 N–H and O–H groups in total. The van der Waals surface area contributed by atoms with Crippen LogP contribution >= 0.6 is 0 Å². The molecule has 2 heterocycles. The van der Waals surface area contributed by atoms with Gasteiger partial charge in [-0.25, -0.2) is 4.98 Å². The number of aromatic nitrogens is 3. The molecule has 0 aliphatic carbocycles. The van der Waals surface area contributed by atoms with Crippen molar-refractivity contribution >= 4 is 22.2 Å². The molecule has 0 atom stereocenters. The molecule has 0 bridgehead atoms. The molecule has 0 unspecified atom stereocenters. The van der Waals surface area contributed by atoms with E-state index in [1.165, 1.54) is 0 Å². The van der Waals surface area contributed by atoms with Crippen LogP contribution in [-0.2, 0) is 13.7 Å². The summed E-state index contributed by atoms with van der Waals surface area (Å²) in [5.74, 6) is 0.616. The molecule has 0 aliphatic heterocycles. The summed E-state index contributed by atoms with van der Waals surface area (Å²) in [5, 5.41) is 16.5. The van der Waals surface area contributed by atoms with Crippen molar-refractivity contribution < 1.29 is 14.6 Å². The maximum absolute atomic E-state index is 8.99. The second-order valence-corrected chi connectivity index (χ2v) is 7.97. The maximum Gasteiger partial charge on any atom is 0.257 e. The average molecular weight is 440 g/mol. The number of fused-ring (bicyclic) bond motifs is 1. The topological polar surface area (TPSA) is 74.4 Å². The van der Waals surface area contributed by atoms with Gasteiger partial charge >= 0.3 is 0 Å². The highest BCUT2D eigenvalue weighted by Crippen LogP contribution is 2.27. The normalized spacial score (nSPS) is 12.2. The maximum atomic E-state index is 8.99. The molecule has 4 aromatic rings. The van der Waals surface area contributed by atoms with Crippen LogP contribution in [0.5, 0.6) is 5.88 Å². The molecule has 0 saturated heterocycles. The SMILES string of the molecule is C=C/C(=C\C(C)=N\O)c1c[n+](C)[nH]c1OCc1ccc(-c2nc3ccccc3cc2C)cc1. The largest absolute Gasteiger partial charge is 0.470 e. The van der Waals surface area contributed by atoms with E-state index in [0.29, 0.717) is 18.2 Å². The third-order valence-corrected chi connectivity index (χ3v) is 5.42. The van der Waals surface area contributed by atoms with E-state index in [1.54, 1.807) is 19.1 Å². The quantitative estimate of drug-likeness (QED) is 0.134. The first-order valence-electron chi connectivity index (χ1n) is 10.7. The number of aryl methyl sites for hydroxylation is 2. The zero-order valence-corrected chi connectivity index (χ0v) is 19.0. The molecule has 2 aromatic heterocycles. The lowest BCUT2D eigenvalue weighted by atomic mass is 10.0. The van der Waals surface area contributed by atoms with Gasteiger partial charge in [-0.05, 0) is 48.8 Å². The molecule has 4 rings (SSSR count). The van der Waals surface area contributed by atoms with Gasteiger partial charge in [-0.2, -0.15) is 0 Å². The van der Waals surface area contributed by atoms with E-state index in [0.717, 1.165) is 44.4 Å². The van der Waals surface area contributed by atoms with Crippen LogP contribution in [-0.4, -0.2) is 21.0 Å². The Kier molecular flexibility index (Phi) is 6.36. The van der Waals surface area contributed by atoms with E-state index < -0.39 is 0 Å². The predicted octanol–water partition coefficient (Wildman–Crippen LogP) is 5.36. The highest BCUT2D eigenvalue weighted by molar-refractivity contribution is 6.00. The van der Waals surface area contributed by atoms with E-state index in [9.17, 15) is 0 Å². The molecule has 0 fully saturated rings. The number of hydrogen-bond donors (Lipinski definition) is 2. The third kappa shape index (κ3) is 4.85. The summed E-state index contributed by atoms with van der Waals surface area (Å²) in [6, 6.07) is 18.6. The number of oxime groups is 1. The lowest BCUT2D eigenvalue weighted by molar-refractivity contribution is -0.727. The summed E-state index contributed by atoms with van der Waals surface area (Å²) in [4.78, 5) is 4.86. The molecule has 0 aliphatic rings. The second kappa shape index (κ2) is 9.53. The van der Waals surface area contributed by atoms with Gasteiger partial charge in [0.1, 0.15) is 12.2 Å². The van der Waals surface area contributed by atoms with Gasteiger partial charge in [-0.15, -0.1) is 9.78 Å². The van der Waals surface area contributed by atoms with Crippen molar-refractivity contribution in [3.8, 4) is 17.1 Å². The van der Waals surface area contributed by atoms with Gasteiger partial charge in [0.2, 0.25) is 6.20 Å². The van der Waals surface area contributed by atoms with E-state index in [-0.39, 0.29) is 0 Å². The van der Waals surface area contributed by atoms with Crippen LogP contribution in [0, 0.1) is 6.92 Å². The number of pyridine rings is 1. The fraction of sp³-hybridized carbons (Fsp3) is 0.148. The highest BCUT2D eigenvalue weighted by Gasteiger charge is 2.17. The number of hydrogen-bond acceptors (Lipinski definition) is 4. The number of nitrogens with one attached hydrogen (secondary N) is 1. The standard InChI is InChI=1S/C27H26N4O2/c1-5-21(15-19(3)30-32)24-16-31(4)29-27(24)33-17-20-10-12-22(13-11-20)26-18(2)14-23-8-6-7-9-25(23)28-26/h5-16,32H,1,17H2,2-4H3/p+1/b21-15+,30-19+. The predicted molar refractivity (Wildman–Crippen MR) is 131 cm³/mol. The summed E-state index contributed by atoms with van der Waals surface area (Å²) >= 11 is 0. The van der Waals surface area contributed by atoms with E-state index in [4.69, 9.17) is 14.9 Å². The zero-order chi connectivity index (χ0) is 23.4. The molecule has 6 nitrogen and oxygen atoms in total. The van der Waals surface area contributed by atoms with Crippen LogP contribution in [0.25, 0.3) is 27.7 Å². The second-order valence-electron chi connectivity index (χ2n) is 7.97. The number of nitrogens with zero attached hydrogens (tertiary/aromatic N) is 3. The van der Waals surface area contributed by atoms with Crippen LogP contribution in [0.15, 0.2) is 84.7 Å². The van der Waals surface area contributed by atoms with Gasteiger partial charge in [0.25, 0.3) is 5.88 Å². The van der Waals surface area contributed by atoms with E-state index >= 15 is 0 Å². The molecule has 0 saturated carbocycles. The Labute approximate surface area is 193 Å². The van der Waals surface area contributed by atoms with Crippen molar-refractivity contribution in [3.63, 3.8) is 0 Å². The molecule has 0 amide bonds. The van der Waals surface area contributed by atoms with Crippen molar-refractivity contribution in [2.75, 3.05) is 0 Å². The minimum absolute atomic E-state index is 0.398. The first-order chi connectivity index (χ1) is 16.0. The summed E-state index contributed by atoms with van der Waals surface area (Å²) < 4.78 is 7.90. The molecule has 6 heteroatoms. The Morgan fingerprint density at radius 1 is 1.21 bits per heavy atom. The van der Waals surface area contributed by atoms with Crippen molar-refractivity contribution in [2.45, 2.75) is 20.5 Å². The highest BCUT2D eigenvalue weighted by atomic mass is 16.5. The summed E-state index contributed by atoms with van der Waals surface area (Å²) in [7, 11) is 1.89. The van der Waals surface area contributed by atoms with Crippen LogP contribution in [0.4, 0.5) is 0 Å². The van der Waals surface area contributed by atoms with Crippen LogP contribution in [0.3, 0.4) is 0 Å². The number of rotatable bonds is 7. The number of benzene rings is 2. The lowest BCUT2D eigenvalue weighted by Crippen LogP contribution is -2.28. The van der Waals surface area contributed by atoms with Gasteiger partial charge in [-0.1, -0.05) is 60.3 Å². The number of H-pyrrole nitrogens is 1. The Morgan fingerprint density at radius 3 is 2.70 bits per heavy atom. The Bertz CT molecular complexity index is 1360. The van der Waals surface area contributed by atoms with Gasteiger partial charge in [0.15, 0.2) is 7.05 Å². The first-order valence-corrected chi connectivity index (χ1v) is 10.7.